The third kappa shape index (κ3) is 4.37. The molecule has 1 heterocycles. The summed E-state index contributed by atoms with van der Waals surface area (Å²) in [6, 6.07) is 11.5. The van der Waals surface area contributed by atoms with Crippen molar-refractivity contribution in [1.29, 1.82) is 0 Å². The lowest BCUT2D eigenvalue weighted by atomic mass is 10.0. The molecule has 0 radical (unpaired) electrons. The smallest absolute Gasteiger partial charge is 0.273 e. The van der Waals surface area contributed by atoms with E-state index in [0.717, 1.165) is 12.0 Å². The average molecular weight is 397 g/mol. The van der Waals surface area contributed by atoms with Crippen LogP contribution in [-0.4, -0.2) is 29.4 Å². The molecule has 0 saturated carbocycles. The molecule has 1 unspecified atom stereocenters. The number of nitrogens with zero attached hydrogens (tertiary/aromatic N) is 2. The van der Waals surface area contributed by atoms with Crippen LogP contribution >= 0.6 is 0 Å². The second-order valence-electron chi connectivity index (χ2n) is 7.21. The molecule has 0 spiro atoms. The normalized spacial score (nSPS) is 15.7. The zero-order valence-electron chi connectivity index (χ0n) is 16.5. The summed E-state index contributed by atoms with van der Waals surface area (Å²) in [4.78, 5) is 37.4. The van der Waals surface area contributed by atoms with Gasteiger partial charge in [0, 0.05) is 11.8 Å². The minimum absolute atomic E-state index is 0.138. The van der Waals surface area contributed by atoms with Gasteiger partial charge in [0.2, 0.25) is 5.91 Å². The summed E-state index contributed by atoms with van der Waals surface area (Å²) in [7, 11) is 0. The number of anilines is 2. The lowest BCUT2D eigenvalue weighted by Crippen LogP contribution is -2.50. The monoisotopic (exact) mass is 397 g/mol. The van der Waals surface area contributed by atoms with E-state index in [2.05, 4.69) is 5.32 Å². The minimum Gasteiger partial charge on any atom is -0.478 e. The summed E-state index contributed by atoms with van der Waals surface area (Å²) in [5.74, 6) is -0.659. The van der Waals surface area contributed by atoms with Crippen LogP contribution in [0.25, 0.3) is 0 Å². The quantitative estimate of drug-likeness (QED) is 0.593. The molecule has 0 aliphatic carbocycles. The first-order chi connectivity index (χ1) is 13.8. The van der Waals surface area contributed by atoms with E-state index >= 15 is 0 Å². The Bertz CT molecular complexity index is 940. The first-order valence-corrected chi connectivity index (χ1v) is 9.45. The van der Waals surface area contributed by atoms with Crippen LogP contribution in [0.4, 0.5) is 17.1 Å². The van der Waals surface area contributed by atoms with Gasteiger partial charge < -0.3 is 10.1 Å². The van der Waals surface area contributed by atoms with Gasteiger partial charge in [0.05, 0.1) is 16.7 Å². The van der Waals surface area contributed by atoms with Crippen molar-refractivity contribution < 1.29 is 19.2 Å². The van der Waals surface area contributed by atoms with Gasteiger partial charge in [-0.15, -0.1) is 0 Å². The van der Waals surface area contributed by atoms with Crippen LogP contribution in [0.5, 0.6) is 5.75 Å². The molecule has 29 heavy (non-hydrogen) atoms. The van der Waals surface area contributed by atoms with E-state index in [1.54, 1.807) is 0 Å². The Morgan fingerprint density at radius 1 is 1.24 bits per heavy atom. The molecule has 2 aromatic rings. The number of carbonyl (C=O) groups is 2. The molecule has 3 rings (SSSR count). The molecule has 1 aliphatic heterocycles. The molecule has 0 saturated heterocycles. The number of benzene rings is 2. The topological polar surface area (TPSA) is 102 Å². The van der Waals surface area contributed by atoms with E-state index in [1.165, 1.54) is 23.1 Å². The molecule has 1 N–H and O–H groups in total. The number of ether oxygens (including phenoxy) is 1. The van der Waals surface area contributed by atoms with E-state index < -0.39 is 11.0 Å². The van der Waals surface area contributed by atoms with Gasteiger partial charge in [-0.05, 0) is 36.1 Å². The van der Waals surface area contributed by atoms with E-state index in [4.69, 9.17) is 4.74 Å². The fourth-order valence-electron chi connectivity index (χ4n) is 3.15. The molecular weight excluding hydrogens is 374 g/mol. The first kappa shape index (κ1) is 20.3. The molecule has 1 atom stereocenters. The Kier molecular flexibility index (Phi) is 5.81. The third-order valence-corrected chi connectivity index (χ3v) is 4.76. The maximum absolute atomic E-state index is 12.9. The molecule has 8 heteroatoms. The van der Waals surface area contributed by atoms with E-state index in [0.29, 0.717) is 11.4 Å². The number of nitrogens with one attached hydrogen (secondary N) is 1. The predicted molar refractivity (Wildman–Crippen MR) is 109 cm³/mol. The van der Waals surface area contributed by atoms with Gasteiger partial charge in [0.1, 0.15) is 6.54 Å². The lowest BCUT2D eigenvalue weighted by Gasteiger charge is -2.35. The van der Waals surface area contributed by atoms with Gasteiger partial charge in [-0.3, -0.25) is 24.6 Å². The van der Waals surface area contributed by atoms with E-state index in [9.17, 15) is 19.7 Å². The molecule has 1 aliphatic rings. The fourth-order valence-corrected chi connectivity index (χ4v) is 3.15. The second kappa shape index (κ2) is 8.30. The van der Waals surface area contributed by atoms with Crippen molar-refractivity contribution in [3.05, 3.63) is 58.1 Å². The van der Waals surface area contributed by atoms with Crippen LogP contribution in [-0.2, 0) is 16.0 Å². The van der Waals surface area contributed by atoms with Crippen molar-refractivity contribution in [2.45, 2.75) is 33.3 Å². The van der Waals surface area contributed by atoms with Gasteiger partial charge in [-0.1, -0.05) is 32.9 Å². The molecule has 2 aromatic carbocycles. The zero-order chi connectivity index (χ0) is 21.1. The van der Waals surface area contributed by atoms with Crippen molar-refractivity contribution in [3.8, 4) is 5.75 Å². The average Bonchev–Trinajstić information content (AvgIpc) is 2.69. The van der Waals surface area contributed by atoms with Crippen LogP contribution in [0, 0.1) is 16.0 Å². The molecule has 0 fully saturated rings. The van der Waals surface area contributed by atoms with Gasteiger partial charge >= 0.3 is 0 Å². The van der Waals surface area contributed by atoms with Crippen molar-refractivity contribution in [3.63, 3.8) is 0 Å². The third-order valence-electron chi connectivity index (χ3n) is 4.76. The maximum atomic E-state index is 12.9. The summed E-state index contributed by atoms with van der Waals surface area (Å²) in [5.41, 5.74) is 1.99. The molecule has 8 nitrogen and oxygen atoms in total. The van der Waals surface area contributed by atoms with Crippen molar-refractivity contribution >= 4 is 28.9 Å². The Morgan fingerprint density at radius 2 is 1.93 bits per heavy atom. The summed E-state index contributed by atoms with van der Waals surface area (Å²) in [6.07, 6.45) is 0.0804. The summed E-state index contributed by atoms with van der Waals surface area (Å²) < 4.78 is 5.72. The Balaban J connectivity index is 1.85. The van der Waals surface area contributed by atoms with Crippen molar-refractivity contribution in [1.82, 2.24) is 0 Å². The number of amides is 2. The number of non-ortho nitro benzene ring substituents is 1. The lowest BCUT2D eigenvalue weighted by molar-refractivity contribution is -0.384. The number of nitro groups is 1. The first-order valence-electron chi connectivity index (χ1n) is 9.45. The van der Waals surface area contributed by atoms with Crippen LogP contribution in [0.2, 0.25) is 0 Å². The standard InChI is InChI=1S/C21H23N3O5/c1-4-14-5-7-15(8-6-14)22-19(25)12-23-17-10-9-16(24(27)28)11-18(17)29-20(13(2)3)21(23)26/h5-11,13,20H,4,12H2,1-3H3,(H,22,25). The van der Waals surface area contributed by atoms with Gasteiger partial charge in [0.25, 0.3) is 11.6 Å². The molecule has 0 bridgehead atoms. The van der Waals surface area contributed by atoms with Gasteiger partial charge in [-0.2, -0.15) is 0 Å². The number of aryl methyl sites for hydroxylation is 1. The van der Waals surface area contributed by atoms with Crippen LogP contribution in [0.3, 0.4) is 0 Å². The molecule has 2 amide bonds. The highest BCUT2D eigenvalue weighted by atomic mass is 16.6. The summed E-state index contributed by atoms with van der Waals surface area (Å²) in [6.45, 7) is 5.47. The molecule has 0 aromatic heterocycles. The van der Waals surface area contributed by atoms with Crippen LogP contribution < -0.4 is 15.0 Å². The minimum atomic E-state index is -0.818. The van der Waals surface area contributed by atoms with Gasteiger partial charge in [-0.25, -0.2) is 0 Å². The highest BCUT2D eigenvalue weighted by Crippen LogP contribution is 2.38. The van der Waals surface area contributed by atoms with Gasteiger partial charge in [0.15, 0.2) is 11.9 Å². The number of rotatable bonds is 6. The summed E-state index contributed by atoms with van der Waals surface area (Å²) >= 11 is 0. The fraction of sp³-hybridized carbons (Fsp3) is 0.333. The number of hydrogen-bond acceptors (Lipinski definition) is 5. The number of carbonyl (C=O) groups excluding carboxylic acids is 2. The second-order valence-corrected chi connectivity index (χ2v) is 7.21. The number of nitro benzene ring substituents is 1. The van der Waals surface area contributed by atoms with Crippen molar-refractivity contribution in [2.75, 3.05) is 16.8 Å². The Labute approximate surface area is 168 Å². The predicted octanol–water partition coefficient (Wildman–Crippen LogP) is 3.55. The number of hydrogen-bond donors (Lipinski definition) is 1. The van der Waals surface area contributed by atoms with E-state index in [1.807, 2.05) is 45.0 Å². The number of fused-ring (bicyclic) bond motifs is 1. The van der Waals surface area contributed by atoms with Crippen LogP contribution in [0.15, 0.2) is 42.5 Å². The van der Waals surface area contributed by atoms with E-state index in [-0.39, 0.29) is 35.7 Å². The molecular formula is C21H23N3O5. The zero-order valence-corrected chi connectivity index (χ0v) is 16.5. The summed E-state index contributed by atoms with van der Waals surface area (Å²) in [5, 5.41) is 13.9. The largest absolute Gasteiger partial charge is 0.478 e. The van der Waals surface area contributed by atoms with Crippen molar-refractivity contribution in [2.24, 2.45) is 5.92 Å². The highest BCUT2D eigenvalue weighted by molar-refractivity contribution is 6.06. The molecule has 152 valence electrons. The SMILES string of the molecule is CCc1ccc(NC(=O)CN2C(=O)C(C(C)C)Oc3cc([N+](=O)[O-])ccc32)cc1. The van der Waals surface area contributed by atoms with Crippen LogP contribution in [0.1, 0.15) is 26.3 Å². The maximum Gasteiger partial charge on any atom is 0.273 e. The Morgan fingerprint density at radius 3 is 2.52 bits per heavy atom. The Hall–Kier alpha value is -3.42. The highest BCUT2D eigenvalue weighted by Gasteiger charge is 2.38.